The summed E-state index contributed by atoms with van der Waals surface area (Å²) in [5.41, 5.74) is 0.343. The quantitative estimate of drug-likeness (QED) is 0.884. The van der Waals surface area contributed by atoms with Crippen LogP contribution in [0, 0.1) is 0 Å². The molecule has 1 fully saturated rings. The highest BCUT2D eigenvalue weighted by atomic mass is 35.5. The molecule has 0 bridgehead atoms. The third-order valence-electron chi connectivity index (χ3n) is 3.43. The molecule has 0 unspecified atom stereocenters. The molecule has 7 nitrogen and oxygen atoms in total. The molecule has 114 valence electrons. The van der Waals surface area contributed by atoms with Gasteiger partial charge >= 0.3 is 0 Å². The Hall–Kier alpha value is -1.86. The van der Waals surface area contributed by atoms with Gasteiger partial charge in [-0.25, -0.2) is 4.68 Å². The van der Waals surface area contributed by atoms with Crippen LogP contribution < -0.4 is 10.6 Å². The first kappa shape index (κ1) is 15.5. The van der Waals surface area contributed by atoms with Crippen LogP contribution in [-0.4, -0.2) is 34.0 Å². The maximum absolute atomic E-state index is 12.0. The third kappa shape index (κ3) is 3.83. The summed E-state index contributed by atoms with van der Waals surface area (Å²) >= 11 is 0. The van der Waals surface area contributed by atoms with Crippen LogP contribution in [0.4, 0.5) is 0 Å². The van der Waals surface area contributed by atoms with Crippen LogP contribution in [0.25, 0.3) is 0 Å². The standard InChI is InChI=1S/C13H17N5O2.ClH/c19-13(15-8-11-2-1-7-20-11)12-9-18(17-16-12)10-3-5-14-6-4-10;/h1-2,7,9-10,14H,3-6,8H2,(H,15,19);1H. The van der Waals surface area contributed by atoms with Gasteiger partial charge in [0, 0.05) is 0 Å². The molecule has 1 aliphatic heterocycles. The van der Waals surface area contributed by atoms with Gasteiger partial charge in [0.25, 0.3) is 5.91 Å². The maximum atomic E-state index is 12.0. The molecule has 1 amide bonds. The number of rotatable bonds is 4. The Balaban J connectivity index is 0.00000161. The zero-order valence-electron chi connectivity index (χ0n) is 11.5. The van der Waals surface area contributed by atoms with Crippen molar-refractivity contribution >= 4 is 18.3 Å². The van der Waals surface area contributed by atoms with E-state index in [1.807, 2.05) is 6.07 Å². The molecule has 21 heavy (non-hydrogen) atoms. The lowest BCUT2D eigenvalue weighted by Gasteiger charge is -2.22. The molecule has 3 rings (SSSR count). The molecule has 0 radical (unpaired) electrons. The smallest absolute Gasteiger partial charge is 0.273 e. The number of hydrogen-bond donors (Lipinski definition) is 2. The summed E-state index contributed by atoms with van der Waals surface area (Å²) < 4.78 is 6.95. The molecule has 0 spiro atoms. The SMILES string of the molecule is Cl.O=C(NCc1ccco1)c1cn(C2CCNCC2)nn1. The highest BCUT2D eigenvalue weighted by Crippen LogP contribution is 2.16. The van der Waals surface area contributed by atoms with Gasteiger partial charge in [-0.1, -0.05) is 5.21 Å². The lowest BCUT2D eigenvalue weighted by Crippen LogP contribution is -2.29. The van der Waals surface area contributed by atoms with E-state index >= 15 is 0 Å². The number of aromatic nitrogens is 3. The molecule has 2 N–H and O–H groups in total. The van der Waals surface area contributed by atoms with E-state index in [1.54, 1.807) is 23.2 Å². The number of carbonyl (C=O) groups is 1. The monoisotopic (exact) mass is 311 g/mol. The van der Waals surface area contributed by atoms with E-state index in [2.05, 4.69) is 20.9 Å². The minimum Gasteiger partial charge on any atom is -0.467 e. The second-order valence-corrected chi connectivity index (χ2v) is 4.83. The molecular formula is C13H18ClN5O2. The van der Waals surface area contributed by atoms with Crippen molar-refractivity contribution in [2.75, 3.05) is 13.1 Å². The van der Waals surface area contributed by atoms with E-state index in [4.69, 9.17) is 4.42 Å². The lowest BCUT2D eigenvalue weighted by atomic mass is 10.1. The molecule has 0 aromatic carbocycles. The summed E-state index contributed by atoms with van der Waals surface area (Å²) in [5, 5.41) is 14.1. The van der Waals surface area contributed by atoms with Crippen molar-refractivity contribution in [1.29, 1.82) is 0 Å². The van der Waals surface area contributed by atoms with Gasteiger partial charge in [-0.05, 0) is 38.1 Å². The Morgan fingerprint density at radius 1 is 1.48 bits per heavy atom. The van der Waals surface area contributed by atoms with Crippen LogP contribution in [0.15, 0.2) is 29.0 Å². The second kappa shape index (κ2) is 7.24. The number of amides is 1. The Morgan fingerprint density at radius 2 is 2.29 bits per heavy atom. The topological polar surface area (TPSA) is 85.0 Å². The third-order valence-corrected chi connectivity index (χ3v) is 3.43. The first-order chi connectivity index (χ1) is 9.83. The van der Waals surface area contributed by atoms with Gasteiger partial charge in [0.2, 0.25) is 0 Å². The number of nitrogens with zero attached hydrogens (tertiary/aromatic N) is 3. The average Bonchev–Trinajstić information content (AvgIpc) is 3.17. The van der Waals surface area contributed by atoms with Crippen LogP contribution in [0.1, 0.15) is 35.1 Å². The van der Waals surface area contributed by atoms with Crippen molar-refractivity contribution < 1.29 is 9.21 Å². The number of halogens is 1. The van der Waals surface area contributed by atoms with Crippen molar-refractivity contribution in [2.45, 2.75) is 25.4 Å². The van der Waals surface area contributed by atoms with Crippen LogP contribution in [0.3, 0.4) is 0 Å². The van der Waals surface area contributed by atoms with E-state index < -0.39 is 0 Å². The first-order valence-corrected chi connectivity index (χ1v) is 6.76. The van der Waals surface area contributed by atoms with Gasteiger partial charge in [-0.2, -0.15) is 0 Å². The number of hydrogen-bond acceptors (Lipinski definition) is 5. The molecule has 0 aliphatic carbocycles. The molecule has 0 atom stereocenters. The normalized spacial score (nSPS) is 15.4. The van der Waals surface area contributed by atoms with Crippen molar-refractivity contribution in [2.24, 2.45) is 0 Å². The largest absolute Gasteiger partial charge is 0.467 e. The van der Waals surface area contributed by atoms with Gasteiger partial charge < -0.3 is 15.1 Å². The van der Waals surface area contributed by atoms with E-state index in [-0.39, 0.29) is 18.3 Å². The highest BCUT2D eigenvalue weighted by molar-refractivity contribution is 5.91. The van der Waals surface area contributed by atoms with Gasteiger partial charge in [0.05, 0.1) is 25.0 Å². The molecule has 3 heterocycles. The first-order valence-electron chi connectivity index (χ1n) is 6.76. The summed E-state index contributed by atoms with van der Waals surface area (Å²) in [7, 11) is 0. The fourth-order valence-corrected chi connectivity index (χ4v) is 2.30. The molecule has 2 aromatic rings. The minimum atomic E-state index is -0.235. The molecule has 2 aromatic heterocycles. The molecule has 1 saturated heterocycles. The van der Waals surface area contributed by atoms with Crippen LogP contribution in [0.2, 0.25) is 0 Å². The van der Waals surface area contributed by atoms with Crippen molar-refractivity contribution in [1.82, 2.24) is 25.6 Å². The van der Waals surface area contributed by atoms with E-state index in [1.165, 1.54) is 0 Å². The Bertz CT molecular complexity index is 563. The van der Waals surface area contributed by atoms with E-state index in [9.17, 15) is 4.79 Å². The van der Waals surface area contributed by atoms with Crippen LogP contribution in [-0.2, 0) is 6.54 Å². The summed E-state index contributed by atoms with van der Waals surface area (Å²) in [6, 6.07) is 3.93. The Kier molecular flexibility index (Phi) is 5.35. The predicted octanol–water partition coefficient (Wildman–Crippen LogP) is 1.15. The Labute approximate surface area is 128 Å². The second-order valence-electron chi connectivity index (χ2n) is 4.83. The maximum Gasteiger partial charge on any atom is 0.273 e. The molecule has 0 saturated carbocycles. The van der Waals surface area contributed by atoms with E-state index in [0.717, 1.165) is 25.9 Å². The zero-order chi connectivity index (χ0) is 13.8. The fourth-order valence-electron chi connectivity index (χ4n) is 2.30. The lowest BCUT2D eigenvalue weighted by molar-refractivity contribution is 0.0943. The summed E-state index contributed by atoms with van der Waals surface area (Å²) in [6.45, 7) is 2.31. The molecule has 1 aliphatic rings. The van der Waals surface area contributed by atoms with Crippen LogP contribution >= 0.6 is 12.4 Å². The highest BCUT2D eigenvalue weighted by Gasteiger charge is 2.18. The van der Waals surface area contributed by atoms with Crippen LogP contribution in [0.5, 0.6) is 0 Å². The van der Waals surface area contributed by atoms with Gasteiger partial charge in [0.1, 0.15) is 5.76 Å². The minimum absolute atomic E-state index is 0. The molecular weight excluding hydrogens is 294 g/mol. The Morgan fingerprint density at radius 3 is 3.00 bits per heavy atom. The summed E-state index contributed by atoms with van der Waals surface area (Å²) in [4.78, 5) is 12.0. The zero-order valence-corrected chi connectivity index (χ0v) is 12.3. The van der Waals surface area contributed by atoms with Crippen molar-refractivity contribution in [3.05, 3.63) is 36.0 Å². The number of nitrogens with one attached hydrogen (secondary N) is 2. The average molecular weight is 312 g/mol. The fraction of sp³-hybridized carbons (Fsp3) is 0.462. The number of furan rings is 1. The van der Waals surface area contributed by atoms with Gasteiger partial charge in [-0.3, -0.25) is 4.79 Å². The van der Waals surface area contributed by atoms with Crippen molar-refractivity contribution in [3.63, 3.8) is 0 Å². The molecule has 8 heteroatoms. The predicted molar refractivity (Wildman–Crippen MR) is 78.3 cm³/mol. The van der Waals surface area contributed by atoms with Gasteiger partial charge in [-0.15, -0.1) is 17.5 Å². The van der Waals surface area contributed by atoms with Crippen molar-refractivity contribution in [3.8, 4) is 0 Å². The number of piperidine rings is 1. The summed E-state index contributed by atoms with van der Waals surface area (Å²) in [6.07, 6.45) is 5.32. The van der Waals surface area contributed by atoms with Gasteiger partial charge in [0.15, 0.2) is 5.69 Å². The number of carbonyl (C=O) groups excluding carboxylic acids is 1. The van der Waals surface area contributed by atoms with E-state index in [0.29, 0.717) is 24.0 Å². The summed E-state index contributed by atoms with van der Waals surface area (Å²) in [5.74, 6) is 0.477.